The number of nitrogens with one attached hydrogen (secondary N) is 1. The Morgan fingerprint density at radius 2 is 1.59 bits per heavy atom. The van der Waals surface area contributed by atoms with Gasteiger partial charge in [0.25, 0.3) is 0 Å². The monoisotopic (exact) mass is 484 g/mol. The molecule has 1 aliphatic rings. The van der Waals surface area contributed by atoms with Crippen molar-refractivity contribution in [1.29, 1.82) is 0 Å². The molecular formula is C26H32N2O5S. The largest absolute Gasteiger partial charge is 0.480 e. The van der Waals surface area contributed by atoms with Gasteiger partial charge in [-0.3, -0.25) is 9.59 Å². The van der Waals surface area contributed by atoms with E-state index in [9.17, 15) is 19.5 Å². The quantitative estimate of drug-likeness (QED) is 0.492. The SMILES string of the molecule is CCC(CC)(NC(=O)OCC1c2ccccc2-c2ccccc21)C(=O)N(CCSC)CC(=O)O. The first-order chi connectivity index (χ1) is 16.4. The van der Waals surface area contributed by atoms with E-state index in [0.717, 1.165) is 22.3 Å². The van der Waals surface area contributed by atoms with E-state index in [1.807, 2.05) is 42.7 Å². The van der Waals surface area contributed by atoms with Gasteiger partial charge in [-0.1, -0.05) is 62.4 Å². The van der Waals surface area contributed by atoms with Gasteiger partial charge in [0.05, 0.1) is 0 Å². The van der Waals surface area contributed by atoms with Crippen molar-refractivity contribution in [3.8, 4) is 11.1 Å². The summed E-state index contributed by atoms with van der Waals surface area (Å²) in [6, 6.07) is 16.2. The third-order valence-corrected chi connectivity index (χ3v) is 7.07. The summed E-state index contributed by atoms with van der Waals surface area (Å²) < 4.78 is 5.65. The molecule has 0 saturated carbocycles. The van der Waals surface area contributed by atoms with Crippen LogP contribution in [0.25, 0.3) is 11.1 Å². The van der Waals surface area contributed by atoms with Crippen LogP contribution in [-0.2, 0) is 14.3 Å². The third-order valence-electron chi connectivity index (χ3n) is 6.48. The van der Waals surface area contributed by atoms with Crippen LogP contribution in [0.3, 0.4) is 0 Å². The van der Waals surface area contributed by atoms with Gasteiger partial charge in [-0.2, -0.15) is 11.8 Å². The number of carbonyl (C=O) groups is 3. The Labute approximate surface area is 204 Å². The number of carbonyl (C=O) groups excluding carboxylic acids is 2. The fraction of sp³-hybridized carbons (Fsp3) is 0.423. The van der Waals surface area contributed by atoms with Crippen LogP contribution < -0.4 is 5.32 Å². The van der Waals surface area contributed by atoms with Crippen LogP contribution in [0.2, 0.25) is 0 Å². The second-order valence-electron chi connectivity index (χ2n) is 8.35. The van der Waals surface area contributed by atoms with Gasteiger partial charge in [-0.15, -0.1) is 0 Å². The molecule has 2 amide bonds. The Hall–Kier alpha value is -3.00. The molecule has 2 aromatic carbocycles. The zero-order chi connectivity index (χ0) is 24.7. The molecule has 0 aromatic heterocycles. The summed E-state index contributed by atoms with van der Waals surface area (Å²) in [5, 5.41) is 12.1. The molecule has 0 saturated heterocycles. The normalized spacial score (nSPS) is 12.6. The second-order valence-corrected chi connectivity index (χ2v) is 9.34. The molecular weight excluding hydrogens is 452 g/mol. The van der Waals surface area contributed by atoms with E-state index in [1.165, 1.54) is 16.7 Å². The summed E-state index contributed by atoms with van der Waals surface area (Å²) in [5.74, 6) is -0.969. The Morgan fingerprint density at radius 3 is 2.09 bits per heavy atom. The lowest BCUT2D eigenvalue weighted by Gasteiger charge is -2.36. The summed E-state index contributed by atoms with van der Waals surface area (Å²) in [4.78, 5) is 38.9. The maximum Gasteiger partial charge on any atom is 0.408 e. The molecule has 0 fully saturated rings. The van der Waals surface area contributed by atoms with Crippen molar-refractivity contribution in [2.45, 2.75) is 38.1 Å². The van der Waals surface area contributed by atoms with Gasteiger partial charge < -0.3 is 20.1 Å². The number of ether oxygens (including phenoxy) is 1. The molecule has 0 unspecified atom stereocenters. The zero-order valence-electron chi connectivity index (χ0n) is 19.9. The van der Waals surface area contributed by atoms with E-state index >= 15 is 0 Å². The number of amides is 2. The molecule has 3 rings (SSSR count). The van der Waals surface area contributed by atoms with Gasteiger partial charge in [0, 0.05) is 18.2 Å². The van der Waals surface area contributed by atoms with Crippen molar-refractivity contribution in [3.63, 3.8) is 0 Å². The van der Waals surface area contributed by atoms with Gasteiger partial charge in [-0.25, -0.2) is 4.79 Å². The van der Waals surface area contributed by atoms with Crippen molar-refractivity contribution in [2.75, 3.05) is 31.7 Å². The average Bonchev–Trinajstić information content (AvgIpc) is 3.17. The zero-order valence-corrected chi connectivity index (χ0v) is 20.7. The molecule has 0 radical (unpaired) electrons. The average molecular weight is 485 g/mol. The van der Waals surface area contributed by atoms with E-state index in [2.05, 4.69) is 17.4 Å². The number of rotatable bonds is 11. The van der Waals surface area contributed by atoms with Crippen LogP contribution in [0.5, 0.6) is 0 Å². The highest BCUT2D eigenvalue weighted by atomic mass is 32.2. The molecule has 0 spiro atoms. The fourth-order valence-corrected chi connectivity index (χ4v) is 4.94. The molecule has 0 bridgehead atoms. The van der Waals surface area contributed by atoms with E-state index in [0.29, 0.717) is 25.1 Å². The van der Waals surface area contributed by atoms with Gasteiger partial charge in [0.1, 0.15) is 18.7 Å². The maximum absolute atomic E-state index is 13.4. The van der Waals surface area contributed by atoms with Gasteiger partial charge in [-0.05, 0) is 41.4 Å². The highest BCUT2D eigenvalue weighted by molar-refractivity contribution is 7.98. The van der Waals surface area contributed by atoms with Crippen LogP contribution in [0.4, 0.5) is 4.79 Å². The predicted octanol–water partition coefficient (Wildman–Crippen LogP) is 4.36. The first kappa shape index (κ1) is 25.6. The Bertz CT molecular complexity index is 992. The minimum absolute atomic E-state index is 0.0865. The number of alkyl carbamates (subject to hydrolysis) is 1. The first-order valence-corrected chi connectivity index (χ1v) is 12.9. The number of thioether (sulfide) groups is 1. The van der Waals surface area contributed by atoms with E-state index in [-0.39, 0.29) is 12.5 Å². The summed E-state index contributed by atoms with van der Waals surface area (Å²) in [5.41, 5.74) is 3.26. The van der Waals surface area contributed by atoms with Gasteiger partial charge in [0.15, 0.2) is 0 Å². The Kier molecular flexibility index (Phi) is 8.61. The smallest absolute Gasteiger partial charge is 0.408 e. The number of aliphatic carboxylic acids is 1. The van der Waals surface area contributed by atoms with Crippen LogP contribution in [0, 0.1) is 0 Å². The molecule has 2 N–H and O–H groups in total. The minimum Gasteiger partial charge on any atom is -0.480 e. The highest BCUT2D eigenvalue weighted by Gasteiger charge is 2.41. The summed E-state index contributed by atoms with van der Waals surface area (Å²) in [6.07, 6.45) is 1.86. The van der Waals surface area contributed by atoms with E-state index in [1.54, 1.807) is 13.8 Å². The summed E-state index contributed by atoms with van der Waals surface area (Å²) in [6.45, 7) is 3.63. The number of hydrogen-bond donors (Lipinski definition) is 2. The van der Waals surface area contributed by atoms with Crippen molar-refractivity contribution >= 4 is 29.7 Å². The van der Waals surface area contributed by atoms with Crippen molar-refractivity contribution < 1.29 is 24.2 Å². The number of carboxylic acid groups (broad SMARTS) is 1. The maximum atomic E-state index is 13.4. The topological polar surface area (TPSA) is 95.9 Å². The lowest BCUT2D eigenvalue weighted by molar-refractivity contribution is -0.147. The van der Waals surface area contributed by atoms with E-state index in [4.69, 9.17) is 4.74 Å². The molecule has 34 heavy (non-hydrogen) atoms. The number of hydrogen-bond acceptors (Lipinski definition) is 5. The molecule has 0 aliphatic heterocycles. The number of nitrogens with zero attached hydrogens (tertiary/aromatic N) is 1. The molecule has 8 heteroatoms. The second kappa shape index (κ2) is 11.4. The predicted molar refractivity (Wildman–Crippen MR) is 134 cm³/mol. The van der Waals surface area contributed by atoms with Crippen molar-refractivity contribution in [2.24, 2.45) is 0 Å². The highest BCUT2D eigenvalue weighted by Crippen LogP contribution is 2.44. The number of benzene rings is 2. The first-order valence-electron chi connectivity index (χ1n) is 11.5. The van der Waals surface area contributed by atoms with Crippen molar-refractivity contribution in [1.82, 2.24) is 10.2 Å². The molecule has 0 heterocycles. The van der Waals surface area contributed by atoms with Crippen molar-refractivity contribution in [3.05, 3.63) is 59.7 Å². The van der Waals surface area contributed by atoms with Gasteiger partial charge in [0.2, 0.25) is 5.91 Å². The fourth-order valence-electron chi connectivity index (χ4n) is 4.53. The third kappa shape index (κ3) is 5.38. The number of fused-ring (bicyclic) bond motifs is 3. The van der Waals surface area contributed by atoms with Crippen LogP contribution >= 0.6 is 11.8 Å². The lowest BCUT2D eigenvalue weighted by Crippen LogP contribution is -2.60. The Balaban J connectivity index is 1.74. The summed E-state index contributed by atoms with van der Waals surface area (Å²) in [7, 11) is 0. The van der Waals surface area contributed by atoms with E-state index < -0.39 is 30.1 Å². The molecule has 182 valence electrons. The standard InChI is InChI=1S/C26H32N2O5S/c1-4-26(5-2,24(31)28(14-15-34-3)16-23(29)30)27-25(32)33-17-22-20-12-8-6-10-18(20)19-11-7-9-13-21(19)22/h6-13,22H,4-5,14-17H2,1-3H3,(H,27,32)(H,29,30). The van der Waals surface area contributed by atoms with Crippen LogP contribution in [-0.4, -0.2) is 65.2 Å². The minimum atomic E-state index is -1.23. The Morgan fingerprint density at radius 1 is 1.03 bits per heavy atom. The number of carboxylic acids is 1. The van der Waals surface area contributed by atoms with Crippen LogP contribution in [0.1, 0.15) is 43.7 Å². The lowest BCUT2D eigenvalue weighted by atomic mass is 9.91. The van der Waals surface area contributed by atoms with Gasteiger partial charge >= 0.3 is 12.1 Å². The van der Waals surface area contributed by atoms with Crippen LogP contribution in [0.15, 0.2) is 48.5 Å². The molecule has 7 nitrogen and oxygen atoms in total. The summed E-state index contributed by atoms with van der Waals surface area (Å²) >= 11 is 1.53. The molecule has 0 atom stereocenters. The molecule has 2 aromatic rings. The molecule has 1 aliphatic carbocycles.